The first kappa shape index (κ1) is 18.7. The molecule has 2 saturated carbocycles. The average Bonchev–Trinajstić information content (AvgIpc) is 3.35. The molecule has 0 radical (unpaired) electrons. The van der Waals surface area contributed by atoms with Gasteiger partial charge in [0.05, 0.1) is 0 Å². The van der Waals surface area contributed by atoms with Crippen LogP contribution in [0.25, 0.3) is 0 Å². The molecule has 0 spiro atoms. The van der Waals surface area contributed by atoms with Crippen molar-refractivity contribution in [1.82, 2.24) is 16.0 Å². The van der Waals surface area contributed by atoms with Crippen LogP contribution in [0.1, 0.15) is 56.9 Å². The molecule has 26 heavy (non-hydrogen) atoms. The lowest BCUT2D eigenvalue weighted by Crippen LogP contribution is -2.45. The molecule has 1 aromatic carbocycles. The molecule has 0 aromatic heterocycles. The summed E-state index contributed by atoms with van der Waals surface area (Å²) < 4.78 is 0. The van der Waals surface area contributed by atoms with Crippen LogP contribution in [0, 0.1) is 0 Å². The molecule has 1 aromatic rings. The Kier molecular flexibility index (Phi) is 6.53. The second-order valence-corrected chi connectivity index (χ2v) is 7.65. The van der Waals surface area contributed by atoms with Crippen LogP contribution in [-0.4, -0.2) is 38.0 Å². The summed E-state index contributed by atoms with van der Waals surface area (Å²) in [6, 6.07) is 11.3. The molecule has 0 aliphatic heterocycles. The zero-order valence-corrected chi connectivity index (χ0v) is 15.9. The van der Waals surface area contributed by atoms with E-state index in [1.54, 1.807) is 7.05 Å². The Labute approximate surface area is 157 Å². The fraction of sp³-hybridized carbons (Fsp3) is 0.619. The Morgan fingerprint density at radius 2 is 1.88 bits per heavy atom. The summed E-state index contributed by atoms with van der Waals surface area (Å²) in [5.74, 6) is 1.00. The third-order valence-electron chi connectivity index (χ3n) is 5.58. The Bertz CT molecular complexity index is 604. The van der Waals surface area contributed by atoms with Gasteiger partial charge in [-0.3, -0.25) is 9.79 Å². The van der Waals surface area contributed by atoms with Crippen LogP contribution in [0.3, 0.4) is 0 Å². The summed E-state index contributed by atoms with van der Waals surface area (Å²) in [5, 5.41) is 9.89. The zero-order chi connectivity index (χ0) is 18.2. The monoisotopic (exact) mass is 356 g/mol. The number of amides is 1. The number of hydrogen-bond acceptors (Lipinski definition) is 2. The second-order valence-electron chi connectivity index (χ2n) is 7.65. The normalized spacial score (nSPS) is 19.2. The van der Waals surface area contributed by atoms with Gasteiger partial charge in [0.15, 0.2) is 5.96 Å². The van der Waals surface area contributed by atoms with Gasteiger partial charge in [-0.15, -0.1) is 0 Å². The van der Waals surface area contributed by atoms with Crippen LogP contribution in [0.4, 0.5) is 0 Å². The lowest BCUT2D eigenvalue weighted by Gasteiger charge is -2.30. The van der Waals surface area contributed by atoms with Crippen LogP contribution in [-0.2, 0) is 10.2 Å². The van der Waals surface area contributed by atoms with E-state index in [0.717, 1.165) is 38.3 Å². The number of guanidine groups is 1. The molecule has 3 rings (SSSR count). The highest BCUT2D eigenvalue weighted by atomic mass is 16.1. The number of carbonyl (C=O) groups is 1. The standard InChI is InChI=1S/C21H32N4O/c1-22-20(23-15-7-10-19(26)25-18-11-12-18)24-16-21(13-5-6-14-21)17-8-3-2-4-9-17/h2-4,8-9,18H,5-7,10-16H2,1H3,(H,25,26)(H2,22,23,24). The highest BCUT2D eigenvalue weighted by Crippen LogP contribution is 2.40. The van der Waals surface area contributed by atoms with Crippen molar-refractivity contribution in [2.45, 2.75) is 62.8 Å². The van der Waals surface area contributed by atoms with Gasteiger partial charge in [0.25, 0.3) is 0 Å². The Morgan fingerprint density at radius 3 is 2.54 bits per heavy atom. The van der Waals surface area contributed by atoms with Gasteiger partial charge in [-0.2, -0.15) is 0 Å². The van der Waals surface area contributed by atoms with Gasteiger partial charge in [-0.25, -0.2) is 0 Å². The number of carbonyl (C=O) groups excluding carboxylic acids is 1. The zero-order valence-electron chi connectivity index (χ0n) is 15.9. The van der Waals surface area contributed by atoms with Gasteiger partial charge in [-0.05, 0) is 37.7 Å². The van der Waals surface area contributed by atoms with E-state index in [-0.39, 0.29) is 11.3 Å². The van der Waals surface area contributed by atoms with Gasteiger partial charge >= 0.3 is 0 Å². The van der Waals surface area contributed by atoms with Crippen molar-refractivity contribution in [2.24, 2.45) is 4.99 Å². The molecule has 0 atom stereocenters. The van der Waals surface area contributed by atoms with E-state index in [9.17, 15) is 4.79 Å². The van der Waals surface area contributed by atoms with Gasteiger partial charge in [0, 0.05) is 38.0 Å². The van der Waals surface area contributed by atoms with Crippen molar-refractivity contribution in [1.29, 1.82) is 0 Å². The largest absolute Gasteiger partial charge is 0.356 e. The highest BCUT2D eigenvalue weighted by Gasteiger charge is 2.35. The number of benzene rings is 1. The molecule has 5 nitrogen and oxygen atoms in total. The van der Waals surface area contributed by atoms with E-state index in [0.29, 0.717) is 12.5 Å². The first-order valence-electron chi connectivity index (χ1n) is 10.0. The summed E-state index contributed by atoms with van der Waals surface area (Å²) in [4.78, 5) is 16.1. The number of hydrogen-bond donors (Lipinski definition) is 3. The fourth-order valence-electron chi connectivity index (χ4n) is 3.87. The predicted octanol–water partition coefficient (Wildman–Crippen LogP) is 2.72. The maximum Gasteiger partial charge on any atom is 0.220 e. The lowest BCUT2D eigenvalue weighted by atomic mass is 9.79. The van der Waals surface area contributed by atoms with Crippen LogP contribution in [0.5, 0.6) is 0 Å². The first-order valence-corrected chi connectivity index (χ1v) is 10.0. The number of nitrogens with one attached hydrogen (secondary N) is 3. The maximum absolute atomic E-state index is 11.7. The smallest absolute Gasteiger partial charge is 0.220 e. The van der Waals surface area contributed by atoms with Crippen LogP contribution in [0.2, 0.25) is 0 Å². The molecular formula is C21H32N4O. The van der Waals surface area contributed by atoms with Crippen LogP contribution >= 0.6 is 0 Å². The Hall–Kier alpha value is -2.04. The van der Waals surface area contributed by atoms with Crippen molar-refractivity contribution in [3.05, 3.63) is 35.9 Å². The molecule has 1 amide bonds. The van der Waals surface area contributed by atoms with Gasteiger partial charge in [0.1, 0.15) is 0 Å². The molecule has 3 N–H and O–H groups in total. The van der Waals surface area contributed by atoms with E-state index >= 15 is 0 Å². The predicted molar refractivity (Wildman–Crippen MR) is 106 cm³/mol. The second kappa shape index (κ2) is 9.06. The van der Waals surface area contributed by atoms with Crippen molar-refractivity contribution >= 4 is 11.9 Å². The average molecular weight is 357 g/mol. The molecule has 0 heterocycles. The summed E-state index contributed by atoms with van der Waals surface area (Å²) in [7, 11) is 1.80. The quantitative estimate of drug-likeness (QED) is 0.381. The third-order valence-corrected chi connectivity index (χ3v) is 5.58. The number of rotatable bonds is 8. The van der Waals surface area contributed by atoms with Gasteiger partial charge < -0.3 is 16.0 Å². The lowest BCUT2D eigenvalue weighted by molar-refractivity contribution is -0.121. The summed E-state index contributed by atoms with van der Waals surface area (Å²) in [6.45, 7) is 1.66. The molecule has 0 saturated heterocycles. The summed E-state index contributed by atoms with van der Waals surface area (Å²) >= 11 is 0. The SMILES string of the molecule is CN=C(NCCCC(=O)NC1CC1)NCC1(c2ccccc2)CCCC1. The number of nitrogens with zero attached hydrogens (tertiary/aromatic N) is 1. The molecule has 2 aliphatic carbocycles. The van der Waals surface area contributed by atoms with Crippen molar-refractivity contribution in [3.63, 3.8) is 0 Å². The molecule has 2 fully saturated rings. The molecular weight excluding hydrogens is 324 g/mol. The molecule has 0 bridgehead atoms. The van der Waals surface area contributed by atoms with Crippen molar-refractivity contribution in [2.75, 3.05) is 20.1 Å². The minimum atomic E-state index is 0.172. The summed E-state index contributed by atoms with van der Waals surface area (Å²) in [6.07, 6.45) is 8.72. The van der Waals surface area contributed by atoms with Gasteiger partial charge in [-0.1, -0.05) is 43.2 Å². The van der Waals surface area contributed by atoms with E-state index in [2.05, 4.69) is 51.3 Å². The molecule has 142 valence electrons. The molecule has 5 heteroatoms. The maximum atomic E-state index is 11.7. The minimum absolute atomic E-state index is 0.172. The van der Waals surface area contributed by atoms with E-state index in [1.807, 2.05) is 0 Å². The minimum Gasteiger partial charge on any atom is -0.356 e. The van der Waals surface area contributed by atoms with Crippen molar-refractivity contribution < 1.29 is 4.79 Å². The summed E-state index contributed by atoms with van der Waals surface area (Å²) in [5.41, 5.74) is 1.64. The van der Waals surface area contributed by atoms with E-state index < -0.39 is 0 Å². The van der Waals surface area contributed by atoms with Crippen LogP contribution < -0.4 is 16.0 Å². The fourth-order valence-corrected chi connectivity index (χ4v) is 3.87. The van der Waals surface area contributed by atoms with Crippen LogP contribution in [0.15, 0.2) is 35.3 Å². The Balaban J connectivity index is 1.43. The van der Waals surface area contributed by atoms with E-state index in [1.165, 1.54) is 31.2 Å². The number of aliphatic imine (C=N–C) groups is 1. The molecule has 2 aliphatic rings. The van der Waals surface area contributed by atoms with Crippen molar-refractivity contribution in [3.8, 4) is 0 Å². The Morgan fingerprint density at radius 1 is 1.15 bits per heavy atom. The topological polar surface area (TPSA) is 65.5 Å². The van der Waals surface area contributed by atoms with Gasteiger partial charge in [0.2, 0.25) is 5.91 Å². The molecule has 0 unspecified atom stereocenters. The first-order chi connectivity index (χ1) is 12.7. The highest BCUT2D eigenvalue weighted by molar-refractivity contribution is 5.80. The third kappa shape index (κ3) is 5.23. The van der Waals surface area contributed by atoms with E-state index in [4.69, 9.17) is 0 Å².